The predicted octanol–water partition coefficient (Wildman–Crippen LogP) is 5.11. The maximum Gasteiger partial charge on any atom is 0.244 e. The molecule has 4 aromatic carbocycles. The van der Waals surface area contributed by atoms with Crippen molar-refractivity contribution in [3.05, 3.63) is 135 Å². The summed E-state index contributed by atoms with van der Waals surface area (Å²) in [5, 5.41) is 14.8. The van der Waals surface area contributed by atoms with Crippen LogP contribution in [0.15, 0.2) is 102 Å². The molecule has 0 radical (unpaired) electrons. The van der Waals surface area contributed by atoms with E-state index < -0.39 is 17.3 Å². The summed E-state index contributed by atoms with van der Waals surface area (Å²) in [6, 6.07) is 31.4. The Balaban J connectivity index is 1.36. The van der Waals surface area contributed by atoms with Crippen molar-refractivity contribution in [2.75, 3.05) is 4.90 Å². The fourth-order valence-corrected chi connectivity index (χ4v) is 7.21. The van der Waals surface area contributed by atoms with Gasteiger partial charge in [0.15, 0.2) is 0 Å². The van der Waals surface area contributed by atoms with E-state index in [2.05, 4.69) is 16.6 Å². The van der Waals surface area contributed by atoms with E-state index in [1.807, 2.05) is 48.5 Å². The minimum atomic E-state index is -1.12. The summed E-state index contributed by atoms with van der Waals surface area (Å²) in [6.45, 7) is 0. The highest BCUT2D eigenvalue weighted by molar-refractivity contribution is 6.30. The highest BCUT2D eigenvalue weighted by Crippen LogP contribution is 2.63. The molecule has 8 rings (SSSR count). The molecule has 8 heteroatoms. The lowest BCUT2D eigenvalue weighted by Gasteiger charge is -2.52. The van der Waals surface area contributed by atoms with E-state index in [1.165, 1.54) is 4.90 Å². The van der Waals surface area contributed by atoms with Crippen molar-refractivity contribution in [3.63, 3.8) is 0 Å². The molecule has 42 heavy (non-hydrogen) atoms. The highest BCUT2D eigenvalue weighted by Gasteiger charge is 2.68. The van der Waals surface area contributed by atoms with Crippen molar-refractivity contribution in [1.82, 2.24) is 5.43 Å². The van der Waals surface area contributed by atoms with Crippen molar-refractivity contribution in [3.8, 4) is 6.07 Å². The van der Waals surface area contributed by atoms with E-state index in [-0.39, 0.29) is 41.3 Å². The second-order valence-electron chi connectivity index (χ2n) is 10.8. The number of hydrogen-bond donors (Lipinski definition) is 1. The second-order valence-corrected chi connectivity index (χ2v) is 11.2. The van der Waals surface area contributed by atoms with Gasteiger partial charge in [-0.15, -0.1) is 0 Å². The van der Waals surface area contributed by atoms with Crippen LogP contribution in [0.3, 0.4) is 0 Å². The van der Waals surface area contributed by atoms with Gasteiger partial charge in [-0.1, -0.05) is 84.4 Å². The van der Waals surface area contributed by atoms with Crippen LogP contribution in [0.4, 0.5) is 5.69 Å². The van der Waals surface area contributed by atoms with Gasteiger partial charge in [0, 0.05) is 17.2 Å². The summed E-state index contributed by atoms with van der Waals surface area (Å²) in [7, 11) is 0. The largest absolute Gasteiger partial charge is 0.274 e. The lowest BCUT2D eigenvalue weighted by atomic mass is 9.47. The summed E-state index contributed by atoms with van der Waals surface area (Å²) >= 11 is 5.97. The maximum atomic E-state index is 14.4. The number of amides is 3. The molecule has 1 N–H and O–H groups in total. The standard InChI is InChI=1S/C34H23ClN4O3/c35-22-15-13-20(14-16-22)17-28(40)38-37-19-34-25-10-4-2-8-23(25)29(24-9-3-5-11-26(24)34)30-31(34)33(42)39(32(30)41)27-12-6-1-7-21(27)18-36/h1-16,19,29-31H,17H2,(H,38,40)/b37-19-/t29?,30-,31-,34?/m1/s1. The molecule has 4 aliphatic rings. The van der Waals surface area contributed by atoms with Crippen LogP contribution in [0.1, 0.15) is 39.3 Å². The molecule has 1 aliphatic heterocycles. The molecule has 1 fully saturated rings. The third-order valence-electron chi connectivity index (χ3n) is 8.68. The van der Waals surface area contributed by atoms with Gasteiger partial charge in [0.1, 0.15) is 6.07 Å². The summed E-state index contributed by atoms with van der Waals surface area (Å²) in [5.74, 6) is -2.92. The first-order chi connectivity index (χ1) is 20.5. The smallest absolute Gasteiger partial charge is 0.244 e. The first-order valence-electron chi connectivity index (χ1n) is 13.6. The molecule has 1 saturated heterocycles. The Labute approximate surface area is 247 Å². The van der Waals surface area contributed by atoms with Crippen LogP contribution in [0.25, 0.3) is 0 Å². The van der Waals surface area contributed by atoms with Crippen LogP contribution >= 0.6 is 11.6 Å². The number of benzene rings is 4. The molecular weight excluding hydrogens is 548 g/mol. The zero-order valence-electron chi connectivity index (χ0n) is 22.2. The van der Waals surface area contributed by atoms with Crippen LogP contribution in [0.2, 0.25) is 5.02 Å². The van der Waals surface area contributed by atoms with E-state index in [4.69, 9.17) is 11.6 Å². The Hall–Kier alpha value is -5.06. The van der Waals surface area contributed by atoms with Crippen LogP contribution in [-0.4, -0.2) is 23.9 Å². The minimum absolute atomic E-state index is 0.0962. The summed E-state index contributed by atoms with van der Waals surface area (Å²) in [6.07, 6.45) is 1.72. The molecule has 4 aromatic rings. The molecule has 1 heterocycles. The van der Waals surface area contributed by atoms with Crippen LogP contribution < -0.4 is 10.3 Å². The normalized spacial score (nSPS) is 23.3. The first-order valence-corrected chi connectivity index (χ1v) is 14.0. The van der Waals surface area contributed by atoms with E-state index in [0.29, 0.717) is 5.02 Å². The number of nitriles is 1. The Kier molecular flexibility index (Phi) is 6.03. The van der Waals surface area contributed by atoms with Gasteiger partial charge in [-0.2, -0.15) is 10.4 Å². The van der Waals surface area contributed by atoms with Gasteiger partial charge in [0.05, 0.1) is 34.9 Å². The monoisotopic (exact) mass is 570 g/mol. The molecule has 0 saturated carbocycles. The molecule has 7 nitrogen and oxygen atoms in total. The SMILES string of the molecule is N#Cc1ccccc1N1C(=O)[C@@H]2C3c4ccccc4C(/C=N\NC(=O)Cc4ccc(Cl)cc4)(c4ccccc43)[C@H]2C1=O. The number of anilines is 1. The van der Waals surface area contributed by atoms with Gasteiger partial charge in [0.25, 0.3) is 0 Å². The molecule has 0 unspecified atom stereocenters. The van der Waals surface area contributed by atoms with Crippen molar-refractivity contribution in [2.24, 2.45) is 16.9 Å². The maximum absolute atomic E-state index is 14.4. The number of halogens is 1. The molecule has 0 spiro atoms. The lowest BCUT2D eigenvalue weighted by molar-refractivity contribution is -0.123. The van der Waals surface area contributed by atoms with Gasteiger partial charge in [-0.05, 0) is 52.1 Å². The molecule has 2 bridgehead atoms. The van der Waals surface area contributed by atoms with Crippen molar-refractivity contribution in [2.45, 2.75) is 17.8 Å². The number of para-hydroxylation sites is 1. The number of carbonyl (C=O) groups excluding carboxylic acids is 3. The van der Waals surface area contributed by atoms with Gasteiger partial charge in [-0.3, -0.25) is 14.4 Å². The highest BCUT2D eigenvalue weighted by atomic mass is 35.5. The van der Waals surface area contributed by atoms with E-state index >= 15 is 0 Å². The number of hydrazone groups is 1. The van der Waals surface area contributed by atoms with Crippen LogP contribution in [0.5, 0.6) is 0 Å². The molecule has 3 aliphatic carbocycles. The van der Waals surface area contributed by atoms with Crippen LogP contribution in [-0.2, 0) is 26.2 Å². The summed E-state index contributed by atoms with van der Waals surface area (Å²) in [4.78, 5) is 42.7. The first kappa shape index (κ1) is 25.9. The zero-order chi connectivity index (χ0) is 29.0. The quantitative estimate of drug-likeness (QED) is 0.205. The fraction of sp³-hybridized carbons (Fsp3) is 0.147. The van der Waals surface area contributed by atoms with Gasteiger partial charge < -0.3 is 0 Å². The number of nitrogens with zero attached hydrogens (tertiary/aromatic N) is 3. The van der Waals surface area contributed by atoms with Crippen LogP contribution in [0, 0.1) is 23.2 Å². The third-order valence-corrected chi connectivity index (χ3v) is 8.94. The molecular formula is C34H23ClN4O3. The summed E-state index contributed by atoms with van der Waals surface area (Å²) in [5.41, 5.74) is 6.48. The topological polar surface area (TPSA) is 103 Å². The Morgan fingerprint density at radius 2 is 1.52 bits per heavy atom. The number of imide groups is 1. The predicted molar refractivity (Wildman–Crippen MR) is 158 cm³/mol. The van der Waals surface area contributed by atoms with Crippen molar-refractivity contribution in [1.29, 1.82) is 5.26 Å². The molecule has 0 aromatic heterocycles. The summed E-state index contributed by atoms with van der Waals surface area (Å²) < 4.78 is 0. The van der Waals surface area contributed by atoms with E-state index in [1.54, 1.807) is 54.7 Å². The molecule has 2 atom stereocenters. The van der Waals surface area contributed by atoms with E-state index in [9.17, 15) is 19.6 Å². The van der Waals surface area contributed by atoms with Gasteiger partial charge in [-0.25, -0.2) is 10.3 Å². The number of rotatable bonds is 5. The van der Waals surface area contributed by atoms with Gasteiger partial charge in [0.2, 0.25) is 17.7 Å². The Morgan fingerprint density at radius 3 is 2.19 bits per heavy atom. The van der Waals surface area contributed by atoms with Crippen molar-refractivity contribution >= 4 is 41.2 Å². The molecule has 204 valence electrons. The Morgan fingerprint density at radius 1 is 0.905 bits per heavy atom. The lowest BCUT2D eigenvalue weighted by Crippen LogP contribution is -2.54. The van der Waals surface area contributed by atoms with E-state index in [0.717, 1.165) is 27.8 Å². The number of nitrogens with one attached hydrogen (secondary N) is 1. The second kappa shape index (κ2) is 9.79. The average Bonchev–Trinajstić information content (AvgIpc) is 3.28. The minimum Gasteiger partial charge on any atom is -0.274 e. The zero-order valence-corrected chi connectivity index (χ0v) is 23.0. The number of carbonyl (C=O) groups is 3. The van der Waals surface area contributed by atoms with Gasteiger partial charge >= 0.3 is 0 Å². The average molecular weight is 571 g/mol. The Bertz CT molecular complexity index is 1810. The fourth-order valence-electron chi connectivity index (χ4n) is 7.08. The molecule has 3 amide bonds. The van der Waals surface area contributed by atoms with Crippen molar-refractivity contribution < 1.29 is 14.4 Å². The number of hydrogen-bond acceptors (Lipinski definition) is 5. The third kappa shape index (κ3) is 3.65.